The summed E-state index contributed by atoms with van der Waals surface area (Å²) >= 11 is 6.92. The highest BCUT2D eigenvalue weighted by molar-refractivity contribution is 9.11. The smallest absolute Gasteiger partial charge is 0.283 e. The summed E-state index contributed by atoms with van der Waals surface area (Å²) in [6.07, 6.45) is 1.69. The van der Waals surface area contributed by atoms with Crippen molar-refractivity contribution in [2.24, 2.45) is 5.10 Å². The van der Waals surface area contributed by atoms with Crippen molar-refractivity contribution < 1.29 is 4.74 Å². The van der Waals surface area contributed by atoms with Crippen LogP contribution in [0, 0.1) is 0 Å². The second-order valence-electron chi connectivity index (χ2n) is 4.08. The molecule has 0 bridgehead atoms. The minimum Gasteiger partial charge on any atom is -0.489 e. The van der Waals surface area contributed by atoms with Crippen molar-refractivity contribution in [3.63, 3.8) is 0 Å². The highest BCUT2D eigenvalue weighted by Crippen LogP contribution is 2.32. The van der Waals surface area contributed by atoms with Crippen LogP contribution in [-0.4, -0.2) is 32.9 Å². The number of tetrazole rings is 1. The number of aromatic amines is 1. The van der Waals surface area contributed by atoms with Gasteiger partial charge in [0.15, 0.2) is 0 Å². The SMILES string of the molecule is CC(C)Oc1c(Br)cc(Br)cc1C=NNc1nn[nH]n1. The van der Waals surface area contributed by atoms with Crippen molar-refractivity contribution in [2.75, 3.05) is 5.43 Å². The molecule has 1 aromatic heterocycles. The summed E-state index contributed by atoms with van der Waals surface area (Å²) in [5.41, 5.74) is 3.48. The molecule has 0 atom stereocenters. The average molecular weight is 404 g/mol. The molecule has 7 nitrogen and oxygen atoms in total. The Hall–Kier alpha value is -1.48. The van der Waals surface area contributed by atoms with Crippen molar-refractivity contribution in [2.45, 2.75) is 20.0 Å². The highest BCUT2D eigenvalue weighted by Gasteiger charge is 2.10. The van der Waals surface area contributed by atoms with Gasteiger partial charge in [0.2, 0.25) is 0 Å². The predicted octanol–water partition coefficient (Wildman–Crippen LogP) is 2.96. The van der Waals surface area contributed by atoms with Crippen molar-refractivity contribution in [1.82, 2.24) is 20.6 Å². The van der Waals surface area contributed by atoms with Crippen LogP contribution in [0.4, 0.5) is 5.95 Å². The molecule has 2 aromatic rings. The first-order valence-electron chi connectivity index (χ1n) is 5.74. The maximum absolute atomic E-state index is 5.78. The molecule has 0 amide bonds. The van der Waals surface area contributed by atoms with Crippen LogP contribution in [0.3, 0.4) is 0 Å². The van der Waals surface area contributed by atoms with E-state index in [1.807, 2.05) is 26.0 Å². The van der Waals surface area contributed by atoms with Crippen molar-refractivity contribution in [3.8, 4) is 5.75 Å². The molecule has 1 heterocycles. The van der Waals surface area contributed by atoms with E-state index in [2.05, 4.69) is 63.0 Å². The van der Waals surface area contributed by atoms with E-state index in [0.717, 1.165) is 20.3 Å². The summed E-state index contributed by atoms with van der Waals surface area (Å²) in [5, 5.41) is 17.3. The summed E-state index contributed by atoms with van der Waals surface area (Å²) in [7, 11) is 0. The molecule has 0 fully saturated rings. The van der Waals surface area contributed by atoms with Gasteiger partial charge in [-0.3, -0.25) is 0 Å². The van der Waals surface area contributed by atoms with Gasteiger partial charge in [0, 0.05) is 10.0 Å². The quantitative estimate of drug-likeness (QED) is 0.591. The zero-order valence-electron chi connectivity index (χ0n) is 10.8. The fourth-order valence-corrected chi connectivity index (χ4v) is 2.76. The predicted molar refractivity (Wildman–Crippen MR) is 83.0 cm³/mol. The van der Waals surface area contributed by atoms with E-state index >= 15 is 0 Å². The van der Waals surface area contributed by atoms with Gasteiger partial charge >= 0.3 is 0 Å². The lowest BCUT2D eigenvalue weighted by Gasteiger charge is -2.14. The van der Waals surface area contributed by atoms with Gasteiger partial charge in [-0.2, -0.15) is 10.3 Å². The Morgan fingerprint density at radius 2 is 2.20 bits per heavy atom. The number of hydrazone groups is 1. The van der Waals surface area contributed by atoms with Crippen LogP contribution in [0.1, 0.15) is 19.4 Å². The lowest BCUT2D eigenvalue weighted by molar-refractivity contribution is 0.240. The number of nitrogens with zero attached hydrogens (tertiary/aromatic N) is 4. The number of ether oxygens (including phenoxy) is 1. The van der Waals surface area contributed by atoms with Crippen LogP contribution in [-0.2, 0) is 0 Å². The molecule has 0 aliphatic heterocycles. The fraction of sp³-hybridized carbons (Fsp3) is 0.273. The minimum absolute atomic E-state index is 0.0600. The van der Waals surface area contributed by atoms with E-state index in [-0.39, 0.29) is 6.10 Å². The third-order valence-electron chi connectivity index (χ3n) is 2.10. The van der Waals surface area contributed by atoms with Crippen LogP contribution >= 0.6 is 31.9 Å². The molecule has 0 radical (unpaired) electrons. The third kappa shape index (κ3) is 4.01. The molecular weight excluding hydrogens is 392 g/mol. The number of aromatic nitrogens is 4. The molecule has 106 valence electrons. The Morgan fingerprint density at radius 1 is 1.40 bits per heavy atom. The number of benzene rings is 1. The summed E-state index contributed by atoms with van der Waals surface area (Å²) in [4.78, 5) is 0. The second-order valence-corrected chi connectivity index (χ2v) is 5.85. The van der Waals surface area contributed by atoms with E-state index in [9.17, 15) is 0 Å². The zero-order valence-corrected chi connectivity index (χ0v) is 13.9. The zero-order chi connectivity index (χ0) is 14.5. The molecule has 0 saturated carbocycles. The maximum Gasteiger partial charge on any atom is 0.283 e. The summed E-state index contributed by atoms with van der Waals surface area (Å²) in [6, 6.07) is 3.82. The standard InChI is InChI=1S/C11H12Br2N6O/c1-6(2)20-10-7(3-8(12)4-9(10)13)5-14-15-11-16-18-19-17-11/h3-6H,1-2H3,(H2,15,16,17,18,19). The average Bonchev–Trinajstić information content (AvgIpc) is 2.86. The van der Waals surface area contributed by atoms with Crippen molar-refractivity contribution in [3.05, 3.63) is 26.6 Å². The lowest BCUT2D eigenvalue weighted by atomic mass is 10.2. The molecule has 1 aromatic carbocycles. The number of hydrogen-bond acceptors (Lipinski definition) is 6. The van der Waals surface area contributed by atoms with E-state index in [4.69, 9.17) is 4.74 Å². The Morgan fingerprint density at radius 3 is 2.85 bits per heavy atom. The number of halogens is 2. The van der Waals surface area contributed by atoms with Gasteiger partial charge in [0.1, 0.15) is 5.75 Å². The van der Waals surface area contributed by atoms with Gasteiger partial charge < -0.3 is 4.74 Å². The molecule has 0 spiro atoms. The number of H-pyrrole nitrogens is 1. The monoisotopic (exact) mass is 402 g/mol. The molecule has 20 heavy (non-hydrogen) atoms. The Balaban J connectivity index is 2.22. The van der Waals surface area contributed by atoms with Gasteiger partial charge in [0.25, 0.3) is 5.95 Å². The van der Waals surface area contributed by atoms with Crippen LogP contribution in [0.5, 0.6) is 5.75 Å². The van der Waals surface area contributed by atoms with Crippen molar-refractivity contribution >= 4 is 44.0 Å². The normalized spacial score (nSPS) is 11.2. The van der Waals surface area contributed by atoms with Crippen LogP contribution in [0.2, 0.25) is 0 Å². The second kappa shape index (κ2) is 6.80. The maximum atomic E-state index is 5.78. The van der Waals surface area contributed by atoms with E-state index in [1.165, 1.54) is 0 Å². The number of nitrogens with one attached hydrogen (secondary N) is 2. The number of anilines is 1. The molecule has 0 aliphatic rings. The summed E-state index contributed by atoms with van der Waals surface area (Å²) in [6.45, 7) is 3.93. The van der Waals surface area contributed by atoms with E-state index < -0.39 is 0 Å². The first-order valence-corrected chi connectivity index (χ1v) is 7.33. The van der Waals surface area contributed by atoms with Gasteiger partial charge in [-0.1, -0.05) is 21.0 Å². The van der Waals surface area contributed by atoms with Gasteiger partial charge in [-0.15, -0.1) is 5.10 Å². The topological polar surface area (TPSA) is 88.1 Å². The van der Waals surface area contributed by atoms with Crippen LogP contribution < -0.4 is 10.2 Å². The highest BCUT2D eigenvalue weighted by atomic mass is 79.9. The number of rotatable bonds is 5. The third-order valence-corrected chi connectivity index (χ3v) is 3.15. The van der Waals surface area contributed by atoms with Gasteiger partial charge in [0.05, 0.1) is 16.8 Å². The first kappa shape index (κ1) is 14.9. The Labute approximate surface area is 132 Å². The first-order chi connectivity index (χ1) is 9.56. The number of hydrogen-bond donors (Lipinski definition) is 2. The molecule has 2 rings (SSSR count). The summed E-state index contributed by atoms with van der Waals surface area (Å²) in [5.74, 6) is 1.02. The molecule has 0 saturated heterocycles. The van der Waals surface area contributed by atoms with Gasteiger partial charge in [-0.05, 0) is 47.1 Å². The fourth-order valence-electron chi connectivity index (χ4n) is 1.40. The molecular formula is C11H12Br2N6O. The van der Waals surface area contributed by atoms with E-state index in [1.54, 1.807) is 6.21 Å². The molecule has 0 unspecified atom stereocenters. The molecule has 2 N–H and O–H groups in total. The van der Waals surface area contributed by atoms with Crippen LogP contribution in [0.25, 0.3) is 0 Å². The Bertz CT molecular complexity index is 599. The Kier molecular flexibility index (Phi) is 5.07. The lowest BCUT2D eigenvalue weighted by Crippen LogP contribution is -2.08. The van der Waals surface area contributed by atoms with Gasteiger partial charge in [-0.25, -0.2) is 5.43 Å². The summed E-state index contributed by atoms with van der Waals surface area (Å²) < 4.78 is 7.55. The molecule has 9 heteroatoms. The van der Waals surface area contributed by atoms with Crippen LogP contribution in [0.15, 0.2) is 26.2 Å². The van der Waals surface area contributed by atoms with E-state index in [0.29, 0.717) is 5.95 Å². The van der Waals surface area contributed by atoms with Crippen molar-refractivity contribution in [1.29, 1.82) is 0 Å². The largest absolute Gasteiger partial charge is 0.489 e. The minimum atomic E-state index is 0.0600. The molecule has 0 aliphatic carbocycles.